The highest BCUT2D eigenvalue weighted by molar-refractivity contribution is 9.10. The number of ketones is 1. The highest BCUT2D eigenvalue weighted by Crippen LogP contribution is 2.19. The summed E-state index contributed by atoms with van der Waals surface area (Å²) in [5, 5.41) is 8.63. The number of nitrogens with zero attached hydrogens (tertiary/aromatic N) is 1. The second-order valence-electron chi connectivity index (χ2n) is 2.79. The van der Waals surface area contributed by atoms with Gasteiger partial charge in [-0.05, 0) is 17.7 Å². The molecule has 0 heterocycles. The van der Waals surface area contributed by atoms with E-state index in [1.54, 1.807) is 18.2 Å². The molecule has 0 atom stereocenters. The van der Waals surface area contributed by atoms with Crippen LogP contribution in [0.15, 0.2) is 22.7 Å². The summed E-state index contributed by atoms with van der Waals surface area (Å²) in [5.41, 5.74) is 1.47. The van der Waals surface area contributed by atoms with Gasteiger partial charge in [0, 0.05) is 16.6 Å². The first-order valence-corrected chi connectivity index (χ1v) is 5.41. The maximum Gasteiger partial charge on any atom is 0.146 e. The Morgan fingerprint density at radius 2 is 2.29 bits per heavy atom. The van der Waals surface area contributed by atoms with E-state index < -0.39 is 0 Å². The minimum absolute atomic E-state index is 0.0683. The average Bonchev–Trinajstić information content (AvgIpc) is 2.20. The summed E-state index contributed by atoms with van der Waals surface area (Å²) in [6.07, 6.45) is 0.357. The number of nitriles is 1. The molecule has 0 aliphatic heterocycles. The van der Waals surface area contributed by atoms with Crippen molar-refractivity contribution in [3.8, 4) is 6.07 Å². The fourth-order valence-corrected chi connectivity index (χ4v) is 1.66. The van der Waals surface area contributed by atoms with E-state index in [9.17, 15) is 4.79 Å². The second kappa shape index (κ2) is 5.18. The number of thiol groups is 1. The molecule has 4 heteroatoms. The second-order valence-corrected chi connectivity index (χ2v) is 3.96. The summed E-state index contributed by atoms with van der Waals surface area (Å²) >= 11 is 7.22. The molecule has 14 heavy (non-hydrogen) atoms. The third kappa shape index (κ3) is 2.86. The topological polar surface area (TPSA) is 40.9 Å². The monoisotopic (exact) mass is 269 g/mol. The van der Waals surface area contributed by atoms with E-state index in [1.165, 1.54) is 0 Å². The molecular formula is C10H8BrNOS. The molecule has 0 bridgehead atoms. The van der Waals surface area contributed by atoms with Crippen LogP contribution in [0.5, 0.6) is 0 Å². The number of rotatable bonds is 3. The molecule has 0 aliphatic carbocycles. The molecule has 0 amide bonds. The van der Waals surface area contributed by atoms with Gasteiger partial charge in [0.2, 0.25) is 0 Å². The van der Waals surface area contributed by atoms with Crippen LogP contribution in [0.1, 0.15) is 11.1 Å². The molecule has 0 spiro atoms. The SMILES string of the molecule is N#Cc1ccc(CC(=O)CS)c(Br)c1. The Balaban J connectivity index is 2.90. The fourth-order valence-electron chi connectivity index (χ4n) is 1.03. The molecule has 0 N–H and O–H groups in total. The molecule has 0 unspecified atom stereocenters. The minimum Gasteiger partial charge on any atom is -0.298 e. The zero-order valence-electron chi connectivity index (χ0n) is 7.33. The van der Waals surface area contributed by atoms with Gasteiger partial charge in [0.1, 0.15) is 5.78 Å². The summed E-state index contributed by atoms with van der Waals surface area (Å²) in [7, 11) is 0. The molecule has 0 saturated heterocycles. The zero-order valence-corrected chi connectivity index (χ0v) is 9.81. The average molecular weight is 270 g/mol. The van der Waals surface area contributed by atoms with Crippen LogP contribution >= 0.6 is 28.6 Å². The van der Waals surface area contributed by atoms with Crippen LogP contribution < -0.4 is 0 Å². The Morgan fingerprint density at radius 1 is 1.57 bits per heavy atom. The van der Waals surface area contributed by atoms with Gasteiger partial charge in [0.25, 0.3) is 0 Å². The Hall–Kier alpha value is -0.790. The molecule has 1 aromatic carbocycles. The van der Waals surface area contributed by atoms with Crippen LogP contribution in [-0.2, 0) is 11.2 Å². The van der Waals surface area contributed by atoms with E-state index >= 15 is 0 Å². The van der Waals surface area contributed by atoms with E-state index in [0.717, 1.165) is 10.0 Å². The number of halogens is 1. The Bertz CT molecular complexity index is 398. The van der Waals surface area contributed by atoms with E-state index in [2.05, 4.69) is 28.6 Å². The van der Waals surface area contributed by atoms with Crippen molar-refractivity contribution in [3.05, 3.63) is 33.8 Å². The highest BCUT2D eigenvalue weighted by Gasteiger charge is 2.05. The van der Waals surface area contributed by atoms with Gasteiger partial charge >= 0.3 is 0 Å². The first kappa shape index (κ1) is 11.3. The van der Waals surface area contributed by atoms with Gasteiger partial charge in [-0.3, -0.25) is 4.79 Å². The summed E-state index contributed by atoms with van der Waals surface area (Å²) in [6.45, 7) is 0. The van der Waals surface area contributed by atoms with Gasteiger partial charge in [0.15, 0.2) is 0 Å². The van der Waals surface area contributed by atoms with E-state index in [-0.39, 0.29) is 11.5 Å². The number of hydrogen-bond donors (Lipinski definition) is 1. The molecular weight excluding hydrogens is 262 g/mol. The molecule has 2 nitrogen and oxygen atoms in total. The van der Waals surface area contributed by atoms with Crippen molar-refractivity contribution in [2.75, 3.05) is 5.75 Å². The van der Waals surface area contributed by atoms with Crippen molar-refractivity contribution in [1.82, 2.24) is 0 Å². The lowest BCUT2D eigenvalue weighted by Gasteiger charge is -2.02. The van der Waals surface area contributed by atoms with Gasteiger partial charge in [-0.2, -0.15) is 17.9 Å². The maximum absolute atomic E-state index is 11.1. The summed E-state index contributed by atoms with van der Waals surface area (Å²) in [6, 6.07) is 7.22. The highest BCUT2D eigenvalue weighted by atomic mass is 79.9. The van der Waals surface area contributed by atoms with Crippen LogP contribution in [0.3, 0.4) is 0 Å². The molecule has 0 aromatic heterocycles. The van der Waals surface area contributed by atoms with E-state index in [1.807, 2.05) is 6.07 Å². The summed E-state index contributed by atoms with van der Waals surface area (Å²) < 4.78 is 0.798. The number of carbonyl (C=O) groups excluding carboxylic acids is 1. The number of carbonyl (C=O) groups is 1. The lowest BCUT2D eigenvalue weighted by Crippen LogP contribution is -2.04. The van der Waals surface area contributed by atoms with Gasteiger partial charge in [-0.1, -0.05) is 22.0 Å². The molecule has 72 valence electrons. The standard InChI is InChI=1S/C10H8BrNOS/c11-10-3-7(5-12)1-2-8(10)4-9(13)6-14/h1-3,14H,4,6H2. The lowest BCUT2D eigenvalue weighted by molar-refractivity contribution is -0.115. The number of Topliss-reactive ketones (excluding diaryl/α,β-unsaturated/α-hetero) is 1. The Morgan fingerprint density at radius 3 is 2.79 bits per heavy atom. The summed E-state index contributed by atoms with van der Waals surface area (Å²) in [4.78, 5) is 11.1. The molecule has 1 aromatic rings. The largest absolute Gasteiger partial charge is 0.298 e. The predicted molar refractivity (Wildman–Crippen MR) is 61.4 cm³/mol. The van der Waals surface area contributed by atoms with Crippen molar-refractivity contribution >= 4 is 34.3 Å². The number of benzene rings is 1. The van der Waals surface area contributed by atoms with Crippen molar-refractivity contribution < 1.29 is 4.79 Å². The smallest absolute Gasteiger partial charge is 0.146 e. The quantitative estimate of drug-likeness (QED) is 0.856. The van der Waals surface area contributed by atoms with Gasteiger partial charge in [-0.15, -0.1) is 0 Å². The van der Waals surface area contributed by atoms with E-state index in [0.29, 0.717) is 12.0 Å². The van der Waals surface area contributed by atoms with Crippen LogP contribution in [0.25, 0.3) is 0 Å². The Kier molecular flexibility index (Phi) is 4.18. The molecule has 0 fully saturated rings. The van der Waals surface area contributed by atoms with Crippen LogP contribution in [0.4, 0.5) is 0 Å². The first-order chi connectivity index (χ1) is 6.67. The molecule has 0 radical (unpaired) electrons. The Labute approximate surface area is 96.5 Å². The molecule has 1 rings (SSSR count). The van der Waals surface area contributed by atoms with Crippen LogP contribution in [-0.4, -0.2) is 11.5 Å². The van der Waals surface area contributed by atoms with Crippen molar-refractivity contribution in [2.45, 2.75) is 6.42 Å². The molecule has 0 saturated carbocycles. The molecule has 0 aliphatic rings. The van der Waals surface area contributed by atoms with Crippen LogP contribution in [0, 0.1) is 11.3 Å². The normalized spacial score (nSPS) is 9.50. The van der Waals surface area contributed by atoms with Crippen LogP contribution in [0.2, 0.25) is 0 Å². The van der Waals surface area contributed by atoms with Crippen molar-refractivity contribution in [3.63, 3.8) is 0 Å². The lowest BCUT2D eigenvalue weighted by atomic mass is 10.1. The maximum atomic E-state index is 11.1. The van der Waals surface area contributed by atoms with Gasteiger partial charge in [0.05, 0.1) is 11.6 Å². The first-order valence-electron chi connectivity index (χ1n) is 3.98. The predicted octanol–water partition coefficient (Wildman–Crippen LogP) is 2.36. The zero-order chi connectivity index (χ0) is 10.6. The van der Waals surface area contributed by atoms with Crippen molar-refractivity contribution in [2.24, 2.45) is 0 Å². The fraction of sp³-hybridized carbons (Fsp3) is 0.200. The third-order valence-electron chi connectivity index (χ3n) is 1.75. The third-order valence-corrected chi connectivity index (χ3v) is 2.84. The van der Waals surface area contributed by atoms with Gasteiger partial charge < -0.3 is 0 Å². The summed E-state index contributed by atoms with van der Waals surface area (Å²) in [5.74, 6) is 0.311. The van der Waals surface area contributed by atoms with Crippen molar-refractivity contribution in [1.29, 1.82) is 5.26 Å². The van der Waals surface area contributed by atoms with Gasteiger partial charge in [-0.25, -0.2) is 0 Å². The van der Waals surface area contributed by atoms with E-state index in [4.69, 9.17) is 5.26 Å². The number of hydrogen-bond acceptors (Lipinski definition) is 3. The minimum atomic E-state index is 0.0683.